The highest BCUT2D eigenvalue weighted by molar-refractivity contribution is 7.89. The van der Waals surface area contributed by atoms with E-state index in [1.807, 2.05) is 44.2 Å². The molecule has 0 heterocycles. The molecule has 0 aliphatic carbocycles. The fourth-order valence-electron chi connectivity index (χ4n) is 2.39. The Morgan fingerprint density at radius 1 is 1.04 bits per heavy atom. The van der Waals surface area contributed by atoms with Gasteiger partial charge in [-0.25, -0.2) is 13.1 Å². The van der Waals surface area contributed by atoms with Crippen LogP contribution in [-0.2, 0) is 10.0 Å². The van der Waals surface area contributed by atoms with Crippen LogP contribution in [0.3, 0.4) is 0 Å². The number of rotatable bonds is 7. The van der Waals surface area contributed by atoms with Gasteiger partial charge in [0.1, 0.15) is 12.4 Å². The van der Waals surface area contributed by atoms with E-state index in [4.69, 9.17) is 4.74 Å². The van der Waals surface area contributed by atoms with E-state index in [-0.39, 0.29) is 18.0 Å². The van der Waals surface area contributed by atoms with E-state index in [1.54, 1.807) is 12.1 Å². The van der Waals surface area contributed by atoms with E-state index in [0.29, 0.717) is 5.92 Å². The molecule has 2 aromatic carbocycles. The molecular formula is C19H25NO3S. The first kappa shape index (κ1) is 18.5. The van der Waals surface area contributed by atoms with Gasteiger partial charge in [0.15, 0.2) is 0 Å². The summed E-state index contributed by atoms with van der Waals surface area (Å²) in [7, 11) is -3.51. The minimum Gasteiger partial charge on any atom is -0.492 e. The van der Waals surface area contributed by atoms with Gasteiger partial charge in [0.2, 0.25) is 10.0 Å². The Balaban J connectivity index is 1.95. The average molecular weight is 347 g/mol. The van der Waals surface area contributed by atoms with Crippen molar-refractivity contribution in [3.05, 3.63) is 59.2 Å². The highest BCUT2D eigenvalue weighted by Crippen LogP contribution is 2.25. The Morgan fingerprint density at radius 2 is 1.75 bits per heavy atom. The van der Waals surface area contributed by atoms with E-state index in [9.17, 15) is 8.42 Å². The van der Waals surface area contributed by atoms with Crippen LogP contribution in [0, 0.1) is 13.8 Å². The summed E-state index contributed by atoms with van der Waals surface area (Å²) in [6.45, 7) is 8.57. The third-order valence-corrected chi connectivity index (χ3v) is 5.44. The third-order valence-electron chi connectivity index (χ3n) is 3.98. The third kappa shape index (κ3) is 4.58. The van der Waals surface area contributed by atoms with E-state index in [2.05, 4.69) is 18.6 Å². The van der Waals surface area contributed by atoms with E-state index >= 15 is 0 Å². The summed E-state index contributed by atoms with van der Waals surface area (Å²) in [5.74, 6) is 1.16. The zero-order valence-electron chi connectivity index (χ0n) is 14.7. The van der Waals surface area contributed by atoms with Crippen LogP contribution in [0.1, 0.15) is 36.5 Å². The number of ether oxygens (including phenoxy) is 1. The van der Waals surface area contributed by atoms with Crippen molar-refractivity contribution in [3.63, 3.8) is 0 Å². The standard InChI is InChI=1S/C19H25NO3S/c1-14(2)18-7-5-6-8-19(18)23-12-11-20-24(21,22)17-10-9-15(3)16(4)13-17/h5-10,13-14,20H,11-12H2,1-4H3. The normalized spacial score (nSPS) is 11.7. The lowest BCUT2D eigenvalue weighted by molar-refractivity contribution is 0.318. The predicted octanol–water partition coefficient (Wildman–Crippen LogP) is 3.78. The van der Waals surface area contributed by atoms with Crippen LogP contribution in [0.25, 0.3) is 0 Å². The molecule has 0 fully saturated rings. The van der Waals surface area contributed by atoms with E-state index < -0.39 is 10.0 Å². The van der Waals surface area contributed by atoms with Gasteiger partial charge in [0.25, 0.3) is 0 Å². The smallest absolute Gasteiger partial charge is 0.240 e. The number of sulfonamides is 1. The maximum absolute atomic E-state index is 12.3. The van der Waals surface area contributed by atoms with Gasteiger partial charge in [-0.15, -0.1) is 0 Å². The minimum absolute atomic E-state index is 0.224. The monoisotopic (exact) mass is 347 g/mol. The Kier molecular flexibility index (Phi) is 6.02. The number of nitrogens with one attached hydrogen (secondary N) is 1. The fraction of sp³-hybridized carbons (Fsp3) is 0.368. The first-order valence-electron chi connectivity index (χ1n) is 8.10. The Hall–Kier alpha value is -1.85. The summed E-state index contributed by atoms with van der Waals surface area (Å²) in [6.07, 6.45) is 0. The molecule has 24 heavy (non-hydrogen) atoms. The van der Waals surface area contributed by atoms with Crippen molar-refractivity contribution in [3.8, 4) is 5.75 Å². The average Bonchev–Trinajstić information content (AvgIpc) is 2.54. The molecule has 130 valence electrons. The predicted molar refractivity (Wildman–Crippen MR) is 97.1 cm³/mol. The van der Waals surface area contributed by atoms with E-state index in [0.717, 1.165) is 22.4 Å². The summed E-state index contributed by atoms with van der Waals surface area (Å²) < 4.78 is 33.0. The molecule has 0 saturated heterocycles. The lowest BCUT2D eigenvalue weighted by Gasteiger charge is -2.14. The topological polar surface area (TPSA) is 55.4 Å². The van der Waals surface area contributed by atoms with Gasteiger partial charge >= 0.3 is 0 Å². The number of aryl methyl sites for hydroxylation is 2. The van der Waals surface area contributed by atoms with Gasteiger partial charge in [-0.2, -0.15) is 0 Å². The molecule has 0 spiro atoms. The highest BCUT2D eigenvalue weighted by atomic mass is 32.2. The Morgan fingerprint density at radius 3 is 2.42 bits per heavy atom. The molecule has 0 amide bonds. The zero-order valence-corrected chi connectivity index (χ0v) is 15.5. The maximum Gasteiger partial charge on any atom is 0.240 e. The van der Waals surface area contributed by atoms with Crippen molar-refractivity contribution in [2.45, 2.75) is 38.5 Å². The zero-order chi connectivity index (χ0) is 17.7. The lowest BCUT2D eigenvalue weighted by atomic mass is 10.0. The van der Waals surface area contributed by atoms with Crippen molar-refractivity contribution in [2.75, 3.05) is 13.2 Å². The molecule has 0 unspecified atom stereocenters. The van der Waals surface area contributed by atoms with Gasteiger partial charge < -0.3 is 4.74 Å². The van der Waals surface area contributed by atoms with Crippen LogP contribution in [0.15, 0.2) is 47.4 Å². The minimum atomic E-state index is -3.51. The quantitative estimate of drug-likeness (QED) is 0.776. The van der Waals surface area contributed by atoms with Crippen LogP contribution >= 0.6 is 0 Å². The van der Waals surface area contributed by atoms with Gasteiger partial charge in [-0.1, -0.05) is 38.1 Å². The molecule has 0 aliphatic rings. The van der Waals surface area contributed by atoms with Crippen molar-refractivity contribution in [2.24, 2.45) is 0 Å². The van der Waals surface area contributed by atoms with Gasteiger partial charge in [-0.3, -0.25) is 0 Å². The SMILES string of the molecule is Cc1ccc(S(=O)(=O)NCCOc2ccccc2C(C)C)cc1C. The first-order chi connectivity index (χ1) is 11.3. The molecule has 0 saturated carbocycles. The summed E-state index contributed by atoms with van der Waals surface area (Å²) in [5, 5.41) is 0. The highest BCUT2D eigenvalue weighted by Gasteiger charge is 2.14. The molecule has 1 N–H and O–H groups in total. The maximum atomic E-state index is 12.3. The van der Waals surface area contributed by atoms with Gasteiger partial charge in [0, 0.05) is 6.54 Å². The number of benzene rings is 2. The summed E-state index contributed by atoms with van der Waals surface area (Å²) in [5.41, 5.74) is 3.15. The number of hydrogen-bond acceptors (Lipinski definition) is 3. The van der Waals surface area contributed by atoms with Gasteiger partial charge in [0.05, 0.1) is 4.90 Å². The van der Waals surface area contributed by atoms with Crippen molar-refractivity contribution in [1.82, 2.24) is 4.72 Å². The van der Waals surface area contributed by atoms with Crippen LogP contribution < -0.4 is 9.46 Å². The Labute approximate surface area is 144 Å². The molecule has 0 aromatic heterocycles. The molecule has 0 radical (unpaired) electrons. The van der Waals surface area contributed by atoms with Crippen molar-refractivity contribution >= 4 is 10.0 Å². The van der Waals surface area contributed by atoms with Crippen molar-refractivity contribution < 1.29 is 13.2 Å². The largest absolute Gasteiger partial charge is 0.492 e. The summed E-state index contributed by atoms with van der Waals surface area (Å²) in [6, 6.07) is 13.0. The molecule has 2 aromatic rings. The second kappa shape index (κ2) is 7.81. The molecule has 4 nitrogen and oxygen atoms in total. The van der Waals surface area contributed by atoms with Gasteiger partial charge in [-0.05, 0) is 54.7 Å². The second-order valence-corrected chi connectivity index (χ2v) is 7.95. The number of para-hydroxylation sites is 1. The van der Waals surface area contributed by atoms with Crippen LogP contribution in [0.2, 0.25) is 0 Å². The second-order valence-electron chi connectivity index (χ2n) is 6.18. The molecule has 2 rings (SSSR count). The molecule has 0 atom stereocenters. The Bertz CT molecular complexity index is 798. The summed E-state index contributed by atoms with van der Waals surface area (Å²) >= 11 is 0. The first-order valence-corrected chi connectivity index (χ1v) is 9.58. The number of hydrogen-bond donors (Lipinski definition) is 1. The molecular weight excluding hydrogens is 322 g/mol. The summed E-state index contributed by atoms with van der Waals surface area (Å²) in [4.78, 5) is 0.285. The van der Waals surface area contributed by atoms with Crippen LogP contribution in [0.5, 0.6) is 5.75 Å². The lowest BCUT2D eigenvalue weighted by Crippen LogP contribution is -2.28. The molecule has 0 bridgehead atoms. The van der Waals surface area contributed by atoms with Crippen LogP contribution in [-0.4, -0.2) is 21.6 Å². The fourth-order valence-corrected chi connectivity index (χ4v) is 3.49. The molecule has 0 aliphatic heterocycles. The van der Waals surface area contributed by atoms with Crippen molar-refractivity contribution in [1.29, 1.82) is 0 Å². The van der Waals surface area contributed by atoms with E-state index in [1.165, 1.54) is 0 Å². The van der Waals surface area contributed by atoms with Crippen LogP contribution in [0.4, 0.5) is 0 Å². The molecule has 5 heteroatoms.